The SMILES string of the molecule is CCOCCC(O)CC(F)(F)F. The first kappa shape index (κ1) is 11.7. The summed E-state index contributed by atoms with van der Waals surface area (Å²) in [5.41, 5.74) is 0. The van der Waals surface area contributed by atoms with Crippen LogP contribution in [0.3, 0.4) is 0 Å². The van der Waals surface area contributed by atoms with E-state index < -0.39 is 18.7 Å². The molecule has 12 heavy (non-hydrogen) atoms. The first-order valence-electron chi connectivity index (χ1n) is 3.78. The number of rotatable bonds is 5. The molecular weight excluding hydrogens is 173 g/mol. The third kappa shape index (κ3) is 7.81. The van der Waals surface area contributed by atoms with Crippen molar-refractivity contribution in [3.63, 3.8) is 0 Å². The lowest BCUT2D eigenvalue weighted by Gasteiger charge is -2.12. The summed E-state index contributed by atoms with van der Waals surface area (Å²) in [6.45, 7) is 2.38. The Bertz CT molecular complexity index is 114. The highest BCUT2D eigenvalue weighted by molar-refractivity contribution is 4.61. The molecule has 0 aliphatic heterocycles. The average molecular weight is 186 g/mol. The van der Waals surface area contributed by atoms with Gasteiger partial charge in [0.1, 0.15) is 0 Å². The number of aliphatic hydroxyl groups excluding tert-OH is 1. The first-order valence-corrected chi connectivity index (χ1v) is 3.78. The Morgan fingerprint density at radius 2 is 2.00 bits per heavy atom. The van der Waals surface area contributed by atoms with Gasteiger partial charge in [-0.2, -0.15) is 13.2 Å². The van der Waals surface area contributed by atoms with Crippen molar-refractivity contribution in [3.8, 4) is 0 Å². The van der Waals surface area contributed by atoms with Crippen LogP contribution in [-0.4, -0.2) is 30.6 Å². The van der Waals surface area contributed by atoms with E-state index in [1.165, 1.54) is 0 Å². The topological polar surface area (TPSA) is 29.5 Å². The quantitative estimate of drug-likeness (QED) is 0.662. The molecule has 0 saturated carbocycles. The van der Waals surface area contributed by atoms with Crippen LogP contribution in [0.25, 0.3) is 0 Å². The van der Waals surface area contributed by atoms with Gasteiger partial charge in [0.2, 0.25) is 0 Å². The number of hydrogen-bond donors (Lipinski definition) is 1. The van der Waals surface area contributed by atoms with Crippen molar-refractivity contribution in [3.05, 3.63) is 0 Å². The van der Waals surface area contributed by atoms with Gasteiger partial charge in [0.05, 0.1) is 12.5 Å². The highest BCUT2D eigenvalue weighted by atomic mass is 19.4. The second-order valence-corrected chi connectivity index (χ2v) is 2.46. The van der Waals surface area contributed by atoms with E-state index in [1.807, 2.05) is 0 Å². The van der Waals surface area contributed by atoms with Crippen LogP contribution in [-0.2, 0) is 4.74 Å². The van der Waals surface area contributed by atoms with Crippen LogP contribution in [0.5, 0.6) is 0 Å². The van der Waals surface area contributed by atoms with Crippen LogP contribution < -0.4 is 0 Å². The Kier molecular flexibility index (Phi) is 5.24. The van der Waals surface area contributed by atoms with E-state index in [0.717, 1.165) is 0 Å². The molecule has 0 heterocycles. The molecule has 1 unspecified atom stereocenters. The van der Waals surface area contributed by atoms with Crippen LogP contribution in [0, 0.1) is 0 Å². The Morgan fingerprint density at radius 1 is 1.42 bits per heavy atom. The van der Waals surface area contributed by atoms with Crippen molar-refractivity contribution in [2.75, 3.05) is 13.2 Å². The molecule has 0 bridgehead atoms. The van der Waals surface area contributed by atoms with Gasteiger partial charge in [-0.25, -0.2) is 0 Å². The van der Waals surface area contributed by atoms with E-state index >= 15 is 0 Å². The van der Waals surface area contributed by atoms with Gasteiger partial charge in [0, 0.05) is 13.2 Å². The van der Waals surface area contributed by atoms with E-state index in [9.17, 15) is 13.2 Å². The summed E-state index contributed by atoms with van der Waals surface area (Å²) in [5, 5.41) is 8.81. The Labute approximate surface area is 69.3 Å². The highest BCUT2D eigenvalue weighted by Gasteiger charge is 2.30. The molecule has 0 amide bonds. The minimum Gasteiger partial charge on any atom is -0.393 e. The zero-order valence-electron chi connectivity index (χ0n) is 6.90. The first-order chi connectivity index (χ1) is 5.45. The van der Waals surface area contributed by atoms with Crippen molar-refractivity contribution in [2.24, 2.45) is 0 Å². The standard InChI is InChI=1S/C7H13F3O2/c1-2-12-4-3-6(11)5-7(8,9)10/h6,11H,2-5H2,1H3. The van der Waals surface area contributed by atoms with Crippen LogP contribution in [0.4, 0.5) is 13.2 Å². The zero-order chi connectivity index (χ0) is 9.61. The molecular formula is C7H13F3O2. The molecule has 0 aliphatic carbocycles. The average Bonchev–Trinajstić information content (AvgIpc) is 1.84. The van der Waals surface area contributed by atoms with E-state index in [4.69, 9.17) is 9.84 Å². The lowest BCUT2D eigenvalue weighted by molar-refractivity contribution is -0.155. The fraction of sp³-hybridized carbons (Fsp3) is 1.00. The summed E-state index contributed by atoms with van der Waals surface area (Å²) in [5.74, 6) is 0. The zero-order valence-corrected chi connectivity index (χ0v) is 6.90. The molecule has 0 aromatic heterocycles. The molecule has 0 rings (SSSR count). The number of alkyl halides is 3. The Hall–Kier alpha value is -0.290. The number of aliphatic hydroxyl groups is 1. The van der Waals surface area contributed by atoms with Gasteiger partial charge in [-0.15, -0.1) is 0 Å². The second-order valence-electron chi connectivity index (χ2n) is 2.46. The smallest absolute Gasteiger partial charge is 0.391 e. The van der Waals surface area contributed by atoms with Crippen LogP contribution >= 0.6 is 0 Å². The molecule has 0 saturated heterocycles. The van der Waals surface area contributed by atoms with Gasteiger partial charge in [-0.3, -0.25) is 0 Å². The van der Waals surface area contributed by atoms with Gasteiger partial charge in [-0.1, -0.05) is 0 Å². The van der Waals surface area contributed by atoms with Crippen LogP contribution in [0.15, 0.2) is 0 Å². The molecule has 1 atom stereocenters. The summed E-state index contributed by atoms with van der Waals surface area (Å²) >= 11 is 0. The normalized spacial score (nSPS) is 14.8. The van der Waals surface area contributed by atoms with E-state index in [0.29, 0.717) is 6.61 Å². The fourth-order valence-electron chi connectivity index (χ4n) is 0.733. The van der Waals surface area contributed by atoms with Crippen molar-refractivity contribution in [1.29, 1.82) is 0 Å². The van der Waals surface area contributed by atoms with Crippen molar-refractivity contribution in [2.45, 2.75) is 32.0 Å². The number of halogens is 3. The van der Waals surface area contributed by atoms with Crippen molar-refractivity contribution < 1.29 is 23.0 Å². The maximum Gasteiger partial charge on any atom is 0.391 e. The Balaban J connectivity index is 3.40. The molecule has 0 spiro atoms. The third-order valence-electron chi connectivity index (χ3n) is 1.27. The van der Waals surface area contributed by atoms with Crippen molar-refractivity contribution in [1.82, 2.24) is 0 Å². The summed E-state index contributed by atoms with van der Waals surface area (Å²) in [6, 6.07) is 0. The van der Waals surface area contributed by atoms with E-state index in [2.05, 4.69) is 0 Å². The monoisotopic (exact) mass is 186 g/mol. The molecule has 0 radical (unpaired) electrons. The minimum absolute atomic E-state index is 0.0351. The second kappa shape index (κ2) is 5.37. The van der Waals surface area contributed by atoms with Gasteiger partial charge in [0.25, 0.3) is 0 Å². The van der Waals surface area contributed by atoms with Crippen LogP contribution in [0.2, 0.25) is 0 Å². The summed E-state index contributed by atoms with van der Waals surface area (Å²) in [6.07, 6.45) is -6.74. The maximum atomic E-state index is 11.6. The van der Waals surface area contributed by atoms with Gasteiger partial charge < -0.3 is 9.84 Å². The number of ether oxygens (including phenoxy) is 1. The molecule has 1 N–H and O–H groups in total. The molecule has 0 aromatic rings. The lowest BCUT2D eigenvalue weighted by Crippen LogP contribution is -2.20. The largest absolute Gasteiger partial charge is 0.393 e. The van der Waals surface area contributed by atoms with Gasteiger partial charge in [-0.05, 0) is 13.3 Å². The summed E-state index contributed by atoms with van der Waals surface area (Å²) < 4.78 is 39.6. The summed E-state index contributed by atoms with van der Waals surface area (Å²) in [4.78, 5) is 0. The molecule has 74 valence electrons. The number of hydrogen-bond acceptors (Lipinski definition) is 2. The molecule has 5 heteroatoms. The minimum atomic E-state index is -4.29. The maximum absolute atomic E-state index is 11.6. The van der Waals surface area contributed by atoms with Crippen LogP contribution in [0.1, 0.15) is 19.8 Å². The van der Waals surface area contributed by atoms with Gasteiger partial charge >= 0.3 is 6.18 Å². The Morgan fingerprint density at radius 3 is 2.42 bits per heavy atom. The molecule has 2 nitrogen and oxygen atoms in total. The predicted octanol–water partition coefficient (Wildman–Crippen LogP) is 1.73. The lowest BCUT2D eigenvalue weighted by atomic mass is 10.2. The van der Waals surface area contributed by atoms with E-state index in [1.54, 1.807) is 6.92 Å². The third-order valence-corrected chi connectivity index (χ3v) is 1.27. The highest BCUT2D eigenvalue weighted by Crippen LogP contribution is 2.22. The van der Waals surface area contributed by atoms with Crippen molar-refractivity contribution >= 4 is 0 Å². The fourth-order valence-corrected chi connectivity index (χ4v) is 0.733. The molecule has 0 fully saturated rings. The van der Waals surface area contributed by atoms with Gasteiger partial charge in [0.15, 0.2) is 0 Å². The predicted molar refractivity (Wildman–Crippen MR) is 37.8 cm³/mol. The molecule has 0 aliphatic rings. The molecule has 0 aromatic carbocycles. The van der Waals surface area contributed by atoms with E-state index in [-0.39, 0.29) is 13.0 Å². The summed E-state index contributed by atoms with van der Waals surface area (Å²) in [7, 11) is 0.